The summed E-state index contributed by atoms with van der Waals surface area (Å²) in [6.45, 7) is 1.20. The lowest BCUT2D eigenvalue weighted by Crippen LogP contribution is -2.42. The lowest BCUT2D eigenvalue weighted by atomic mass is 10.0. The highest BCUT2D eigenvalue weighted by molar-refractivity contribution is 5.95. The van der Waals surface area contributed by atoms with E-state index in [-0.39, 0.29) is 18.5 Å². The molecule has 0 aliphatic carbocycles. The third-order valence-corrected chi connectivity index (χ3v) is 4.29. The molecule has 3 rings (SSSR count). The highest BCUT2D eigenvalue weighted by Gasteiger charge is 2.24. The molecule has 1 unspecified atom stereocenters. The molecular formula is C19H23N3O4. The number of ether oxygens (including phenoxy) is 1. The van der Waals surface area contributed by atoms with Crippen molar-refractivity contribution >= 4 is 18.1 Å². The van der Waals surface area contributed by atoms with Crippen molar-refractivity contribution < 1.29 is 19.4 Å². The van der Waals surface area contributed by atoms with E-state index >= 15 is 0 Å². The predicted molar refractivity (Wildman–Crippen MR) is 98.7 cm³/mol. The van der Waals surface area contributed by atoms with E-state index in [1.165, 1.54) is 0 Å². The predicted octanol–water partition coefficient (Wildman–Crippen LogP) is 2.28. The van der Waals surface area contributed by atoms with Crippen LogP contribution in [0.3, 0.4) is 0 Å². The average Bonchev–Trinajstić information content (AvgIpc) is 2.69. The van der Waals surface area contributed by atoms with Crippen molar-refractivity contribution in [2.75, 3.05) is 25.9 Å². The molecule has 7 heteroatoms. The van der Waals surface area contributed by atoms with Gasteiger partial charge in [-0.05, 0) is 36.6 Å². The number of anilines is 1. The molecule has 1 aliphatic heterocycles. The molecular weight excluding hydrogens is 334 g/mol. The monoisotopic (exact) mass is 357 g/mol. The fourth-order valence-corrected chi connectivity index (χ4v) is 2.96. The van der Waals surface area contributed by atoms with Crippen molar-refractivity contribution in [1.82, 2.24) is 9.88 Å². The Morgan fingerprint density at radius 3 is 2.65 bits per heavy atom. The Kier molecular flexibility index (Phi) is 7.11. The van der Waals surface area contributed by atoms with Crippen molar-refractivity contribution in [2.45, 2.75) is 18.9 Å². The minimum atomic E-state index is -0.250. The first-order valence-corrected chi connectivity index (χ1v) is 8.30. The maximum atomic E-state index is 12.6. The molecule has 1 atom stereocenters. The number of nitrogens with zero attached hydrogens (tertiary/aromatic N) is 2. The van der Waals surface area contributed by atoms with Gasteiger partial charge >= 0.3 is 0 Å². The number of likely N-dealkylation sites (tertiary alicyclic amines) is 1. The first-order valence-electron chi connectivity index (χ1n) is 8.30. The molecule has 138 valence electrons. The van der Waals surface area contributed by atoms with Gasteiger partial charge in [-0.1, -0.05) is 12.1 Å². The number of hydrogen-bond donors (Lipinski definition) is 2. The van der Waals surface area contributed by atoms with Gasteiger partial charge in [0.15, 0.2) is 0 Å². The Hall–Kier alpha value is -2.93. The maximum absolute atomic E-state index is 12.6. The number of carboxylic acid groups (broad SMARTS) is 1. The van der Waals surface area contributed by atoms with E-state index in [9.17, 15) is 4.79 Å². The number of rotatable bonds is 3. The Labute approximate surface area is 152 Å². The topological polar surface area (TPSA) is 106 Å². The van der Waals surface area contributed by atoms with Gasteiger partial charge in [0.05, 0.1) is 18.0 Å². The average molecular weight is 357 g/mol. The van der Waals surface area contributed by atoms with E-state index in [0.29, 0.717) is 17.8 Å². The Balaban J connectivity index is 0.000000758. The number of nitrogen functional groups attached to an aromatic ring is 1. The minimum Gasteiger partial charge on any atom is -0.483 e. The molecule has 1 amide bonds. The van der Waals surface area contributed by atoms with E-state index in [1.54, 1.807) is 19.5 Å². The smallest absolute Gasteiger partial charge is 0.290 e. The van der Waals surface area contributed by atoms with Crippen LogP contribution in [0.1, 0.15) is 23.2 Å². The number of carbonyl (C=O) groups excluding carboxylic acids is 1. The number of carbonyl (C=O) groups is 2. The molecule has 1 aromatic heterocycles. The summed E-state index contributed by atoms with van der Waals surface area (Å²) in [7, 11) is 1.70. The summed E-state index contributed by atoms with van der Waals surface area (Å²) in [4.78, 5) is 26.8. The molecule has 0 bridgehead atoms. The van der Waals surface area contributed by atoms with E-state index in [1.807, 2.05) is 35.2 Å². The summed E-state index contributed by atoms with van der Waals surface area (Å²) < 4.78 is 5.38. The van der Waals surface area contributed by atoms with Crippen molar-refractivity contribution in [3.63, 3.8) is 0 Å². The highest BCUT2D eigenvalue weighted by atomic mass is 16.5. The number of benzene rings is 1. The summed E-state index contributed by atoms with van der Waals surface area (Å²) in [5, 5.41) is 6.89. The Morgan fingerprint density at radius 2 is 2.04 bits per heavy atom. The third-order valence-electron chi connectivity index (χ3n) is 4.29. The molecule has 0 saturated carbocycles. The molecule has 2 aromatic rings. The number of aromatic nitrogens is 1. The first kappa shape index (κ1) is 19.4. The molecule has 7 nitrogen and oxygen atoms in total. The lowest BCUT2D eigenvalue weighted by Gasteiger charge is -2.32. The number of piperidine rings is 1. The maximum Gasteiger partial charge on any atom is 0.290 e. The summed E-state index contributed by atoms with van der Waals surface area (Å²) in [5.41, 5.74) is 9.18. The van der Waals surface area contributed by atoms with Crippen LogP contribution >= 0.6 is 0 Å². The molecule has 0 spiro atoms. The van der Waals surface area contributed by atoms with Crippen LogP contribution in [0, 0.1) is 0 Å². The number of nitrogens with two attached hydrogens (primary N) is 1. The zero-order valence-electron chi connectivity index (χ0n) is 14.7. The molecule has 0 radical (unpaired) electrons. The SMILES string of the molecule is COC1CCCN(C(=O)c2ccc(-c3ccncc3N)cc2)C1.O=CO. The van der Waals surface area contributed by atoms with Gasteiger partial charge in [0.2, 0.25) is 0 Å². The summed E-state index contributed by atoms with van der Waals surface area (Å²) >= 11 is 0. The first-order chi connectivity index (χ1) is 12.6. The van der Waals surface area contributed by atoms with Crippen LogP contribution in [0.2, 0.25) is 0 Å². The Bertz CT molecular complexity index is 734. The fourth-order valence-electron chi connectivity index (χ4n) is 2.96. The lowest BCUT2D eigenvalue weighted by molar-refractivity contribution is -0.122. The molecule has 26 heavy (non-hydrogen) atoms. The zero-order chi connectivity index (χ0) is 18.9. The summed E-state index contributed by atoms with van der Waals surface area (Å²) in [5.74, 6) is 0.0565. The van der Waals surface area contributed by atoms with Gasteiger partial charge in [-0.2, -0.15) is 0 Å². The van der Waals surface area contributed by atoms with Crippen LogP contribution in [-0.2, 0) is 9.53 Å². The molecule has 1 fully saturated rings. The van der Waals surface area contributed by atoms with E-state index in [4.69, 9.17) is 20.4 Å². The van der Waals surface area contributed by atoms with Gasteiger partial charge in [-0.3, -0.25) is 14.6 Å². The van der Waals surface area contributed by atoms with E-state index in [2.05, 4.69) is 4.98 Å². The van der Waals surface area contributed by atoms with Gasteiger partial charge in [0, 0.05) is 37.5 Å². The van der Waals surface area contributed by atoms with Crippen LogP contribution in [-0.4, -0.2) is 53.7 Å². The second-order valence-electron chi connectivity index (χ2n) is 5.90. The molecule has 1 saturated heterocycles. The van der Waals surface area contributed by atoms with Gasteiger partial charge < -0.3 is 20.5 Å². The van der Waals surface area contributed by atoms with Crippen molar-refractivity contribution in [3.05, 3.63) is 48.3 Å². The second kappa shape index (κ2) is 9.53. The van der Waals surface area contributed by atoms with Gasteiger partial charge in [-0.25, -0.2) is 0 Å². The number of pyridine rings is 1. The van der Waals surface area contributed by atoms with Crippen LogP contribution in [0.4, 0.5) is 5.69 Å². The Morgan fingerprint density at radius 1 is 1.35 bits per heavy atom. The normalized spacial score (nSPS) is 16.3. The van der Waals surface area contributed by atoms with Gasteiger partial charge in [0.25, 0.3) is 12.4 Å². The minimum absolute atomic E-state index is 0.0565. The van der Waals surface area contributed by atoms with Crippen molar-refractivity contribution in [1.29, 1.82) is 0 Å². The number of hydrogen-bond acceptors (Lipinski definition) is 5. The van der Waals surface area contributed by atoms with E-state index < -0.39 is 0 Å². The second-order valence-corrected chi connectivity index (χ2v) is 5.90. The molecule has 1 aliphatic rings. The van der Waals surface area contributed by atoms with Crippen LogP contribution in [0.25, 0.3) is 11.1 Å². The standard InChI is InChI=1S/C18H21N3O2.CH2O2/c1-23-15-3-2-10-21(12-15)18(22)14-6-4-13(5-7-14)16-8-9-20-11-17(16)19;2-1-3/h4-9,11,15H,2-3,10,12,19H2,1H3;1H,(H,2,3). The quantitative estimate of drug-likeness (QED) is 0.817. The number of methoxy groups -OCH3 is 1. The zero-order valence-corrected chi connectivity index (χ0v) is 14.7. The fraction of sp³-hybridized carbons (Fsp3) is 0.316. The van der Waals surface area contributed by atoms with Crippen molar-refractivity contribution in [2.24, 2.45) is 0 Å². The van der Waals surface area contributed by atoms with Gasteiger partial charge in [-0.15, -0.1) is 0 Å². The highest BCUT2D eigenvalue weighted by Crippen LogP contribution is 2.25. The van der Waals surface area contributed by atoms with Crippen LogP contribution in [0.5, 0.6) is 0 Å². The number of amides is 1. The largest absolute Gasteiger partial charge is 0.483 e. The van der Waals surface area contributed by atoms with Crippen molar-refractivity contribution in [3.8, 4) is 11.1 Å². The van der Waals surface area contributed by atoms with Gasteiger partial charge in [0.1, 0.15) is 0 Å². The molecule has 3 N–H and O–H groups in total. The third kappa shape index (κ3) is 4.80. The van der Waals surface area contributed by atoms with Crippen LogP contribution < -0.4 is 5.73 Å². The summed E-state index contributed by atoms with van der Waals surface area (Å²) in [6.07, 6.45) is 5.48. The molecule has 1 aromatic carbocycles. The summed E-state index contributed by atoms with van der Waals surface area (Å²) in [6, 6.07) is 9.44. The molecule has 2 heterocycles. The van der Waals surface area contributed by atoms with E-state index in [0.717, 1.165) is 30.5 Å². The van der Waals surface area contributed by atoms with Crippen LogP contribution in [0.15, 0.2) is 42.7 Å².